The highest BCUT2D eigenvalue weighted by molar-refractivity contribution is 7.12. The Morgan fingerprint density at radius 3 is 2.28 bits per heavy atom. The smallest absolute Gasteiger partial charge is 0.128 e. The Hall–Kier alpha value is -0.920. The van der Waals surface area contributed by atoms with Gasteiger partial charge in [0.25, 0.3) is 0 Å². The van der Waals surface area contributed by atoms with Gasteiger partial charge in [-0.15, -0.1) is 11.3 Å². The number of likely N-dealkylation sites (N-methyl/N-ethyl adjacent to an activating group) is 1. The number of aromatic nitrogens is 1. The Morgan fingerprint density at radius 2 is 1.89 bits per heavy atom. The van der Waals surface area contributed by atoms with Crippen molar-refractivity contribution in [1.29, 1.82) is 5.26 Å². The number of rotatable bonds is 5. The van der Waals surface area contributed by atoms with Crippen molar-refractivity contribution in [3.05, 3.63) is 15.6 Å². The lowest BCUT2D eigenvalue weighted by molar-refractivity contribution is 0.307. The molecule has 4 heteroatoms. The minimum atomic E-state index is -0.0466. The van der Waals surface area contributed by atoms with Gasteiger partial charge in [-0.2, -0.15) is 5.26 Å². The fourth-order valence-electron chi connectivity index (χ4n) is 1.85. The number of nitrogens with zero attached hydrogens (tertiary/aromatic N) is 3. The zero-order valence-electron chi connectivity index (χ0n) is 12.1. The average molecular weight is 265 g/mol. The number of hydrogen-bond acceptors (Lipinski definition) is 4. The molecule has 0 amide bonds. The zero-order valence-corrected chi connectivity index (χ0v) is 12.9. The Labute approximate surface area is 114 Å². The molecule has 0 atom stereocenters. The van der Waals surface area contributed by atoms with Crippen molar-refractivity contribution in [3.63, 3.8) is 0 Å². The summed E-state index contributed by atoms with van der Waals surface area (Å²) in [5.41, 5.74) is 0.902. The first-order valence-electron chi connectivity index (χ1n) is 6.55. The lowest BCUT2D eigenvalue weighted by Crippen LogP contribution is -2.25. The van der Waals surface area contributed by atoms with E-state index in [0.29, 0.717) is 0 Å². The summed E-state index contributed by atoms with van der Waals surface area (Å²) in [6, 6.07) is 2.28. The van der Waals surface area contributed by atoms with Gasteiger partial charge in [0.1, 0.15) is 10.9 Å². The summed E-state index contributed by atoms with van der Waals surface area (Å²) < 4.78 is 0. The zero-order chi connectivity index (χ0) is 13.8. The summed E-state index contributed by atoms with van der Waals surface area (Å²) in [4.78, 5) is 7.82. The van der Waals surface area contributed by atoms with Gasteiger partial charge in [-0.3, -0.25) is 0 Å². The topological polar surface area (TPSA) is 39.9 Å². The van der Waals surface area contributed by atoms with Gasteiger partial charge in [0.2, 0.25) is 0 Å². The first kappa shape index (κ1) is 15.1. The molecule has 18 heavy (non-hydrogen) atoms. The van der Waals surface area contributed by atoms with Crippen molar-refractivity contribution in [2.24, 2.45) is 0 Å². The Bertz CT molecular complexity index is 419. The highest BCUT2D eigenvalue weighted by atomic mass is 32.1. The maximum atomic E-state index is 9.17. The van der Waals surface area contributed by atoms with Crippen LogP contribution in [0.3, 0.4) is 0 Å². The molecule has 0 radical (unpaired) electrons. The van der Waals surface area contributed by atoms with E-state index < -0.39 is 0 Å². The second kappa shape index (κ2) is 6.31. The van der Waals surface area contributed by atoms with E-state index in [2.05, 4.69) is 50.6 Å². The molecule has 0 N–H and O–H groups in total. The lowest BCUT2D eigenvalue weighted by Gasteiger charge is -2.17. The van der Waals surface area contributed by atoms with Crippen LogP contribution in [-0.4, -0.2) is 29.5 Å². The molecule has 1 rings (SSSR count). The van der Waals surface area contributed by atoms with Gasteiger partial charge in [-0.25, -0.2) is 4.98 Å². The van der Waals surface area contributed by atoms with Crippen molar-refractivity contribution in [2.45, 2.75) is 46.5 Å². The molecule has 0 unspecified atom stereocenters. The summed E-state index contributed by atoms with van der Waals surface area (Å²) >= 11 is 1.55. The van der Waals surface area contributed by atoms with Crippen LogP contribution in [0.4, 0.5) is 0 Å². The van der Waals surface area contributed by atoms with Crippen LogP contribution in [0.2, 0.25) is 0 Å². The first-order valence-corrected chi connectivity index (χ1v) is 7.36. The van der Waals surface area contributed by atoms with Gasteiger partial charge in [-0.05, 0) is 13.1 Å². The summed E-state index contributed by atoms with van der Waals surface area (Å²) in [5.74, 6) is 0. The van der Waals surface area contributed by atoms with E-state index in [1.54, 1.807) is 11.3 Å². The van der Waals surface area contributed by atoms with Crippen LogP contribution in [0.1, 0.15) is 50.2 Å². The molecule has 0 aromatic carbocycles. The maximum Gasteiger partial charge on any atom is 0.128 e. The van der Waals surface area contributed by atoms with Crippen molar-refractivity contribution < 1.29 is 0 Å². The third-order valence-electron chi connectivity index (χ3n) is 3.02. The van der Waals surface area contributed by atoms with Gasteiger partial charge in [0, 0.05) is 18.4 Å². The molecule has 0 saturated heterocycles. The SMILES string of the molecule is CCN(CC)CCc1nc(C(C)(C)C)c(C#N)s1. The highest BCUT2D eigenvalue weighted by Gasteiger charge is 2.23. The third-order valence-corrected chi connectivity index (χ3v) is 4.04. The van der Waals surface area contributed by atoms with E-state index in [1.165, 1.54) is 0 Å². The van der Waals surface area contributed by atoms with Gasteiger partial charge < -0.3 is 4.90 Å². The third kappa shape index (κ3) is 3.79. The molecule has 1 aromatic rings. The molecule has 1 aromatic heterocycles. The average Bonchev–Trinajstić information content (AvgIpc) is 2.73. The minimum Gasteiger partial charge on any atom is -0.303 e. The molecule has 0 fully saturated rings. The van der Waals surface area contributed by atoms with Crippen LogP contribution in [-0.2, 0) is 11.8 Å². The summed E-state index contributed by atoms with van der Waals surface area (Å²) in [6.07, 6.45) is 0.942. The van der Waals surface area contributed by atoms with E-state index in [-0.39, 0.29) is 5.41 Å². The van der Waals surface area contributed by atoms with Crippen LogP contribution in [0.25, 0.3) is 0 Å². The molecule has 0 spiro atoms. The lowest BCUT2D eigenvalue weighted by atomic mass is 9.91. The molecule has 0 aliphatic heterocycles. The normalized spacial score (nSPS) is 11.8. The van der Waals surface area contributed by atoms with E-state index >= 15 is 0 Å². The Kier molecular flexibility index (Phi) is 5.30. The summed E-state index contributed by atoms with van der Waals surface area (Å²) in [7, 11) is 0. The molecule has 0 bridgehead atoms. The van der Waals surface area contributed by atoms with Crippen LogP contribution in [0.15, 0.2) is 0 Å². The van der Waals surface area contributed by atoms with Crippen LogP contribution in [0.5, 0.6) is 0 Å². The molecule has 0 aliphatic rings. The maximum absolute atomic E-state index is 9.17. The van der Waals surface area contributed by atoms with Crippen molar-refractivity contribution >= 4 is 11.3 Å². The van der Waals surface area contributed by atoms with E-state index in [1.807, 2.05) is 0 Å². The number of hydrogen-bond donors (Lipinski definition) is 0. The molecule has 0 aliphatic carbocycles. The molecule has 100 valence electrons. The predicted molar refractivity (Wildman–Crippen MR) is 77.0 cm³/mol. The van der Waals surface area contributed by atoms with E-state index in [9.17, 15) is 5.26 Å². The standard InChI is InChI=1S/C14H23N3S/c1-6-17(7-2)9-8-12-16-13(14(3,4)5)11(10-15)18-12/h6-9H2,1-5H3. The van der Waals surface area contributed by atoms with Crippen LogP contribution >= 0.6 is 11.3 Å². The second-order valence-corrected chi connectivity index (χ2v) is 6.51. The number of nitriles is 1. The quantitative estimate of drug-likeness (QED) is 0.821. The predicted octanol–water partition coefficient (Wildman–Crippen LogP) is 3.20. The largest absolute Gasteiger partial charge is 0.303 e. The monoisotopic (exact) mass is 265 g/mol. The van der Waals surface area contributed by atoms with Crippen molar-refractivity contribution in [2.75, 3.05) is 19.6 Å². The molecule has 0 saturated carbocycles. The highest BCUT2D eigenvalue weighted by Crippen LogP contribution is 2.29. The van der Waals surface area contributed by atoms with Gasteiger partial charge >= 0.3 is 0 Å². The van der Waals surface area contributed by atoms with E-state index in [4.69, 9.17) is 0 Å². The Morgan fingerprint density at radius 1 is 1.28 bits per heavy atom. The fourth-order valence-corrected chi connectivity index (χ4v) is 2.91. The minimum absolute atomic E-state index is 0.0466. The second-order valence-electron chi connectivity index (χ2n) is 5.42. The number of thiazole rings is 1. The summed E-state index contributed by atoms with van der Waals surface area (Å²) in [6.45, 7) is 13.8. The molecule has 3 nitrogen and oxygen atoms in total. The van der Waals surface area contributed by atoms with Gasteiger partial charge in [-0.1, -0.05) is 34.6 Å². The van der Waals surface area contributed by atoms with Crippen LogP contribution in [0, 0.1) is 11.3 Å². The van der Waals surface area contributed by atoms with Gasteiger partial charge in [0.15, 0.2) is 0 Å². The van der Waals surface area contributed by atoms with Crippen molar-refractivity contribution in [1.82, 2.24) is 9.88 Å². The molecular weight excluding hydrogens is 242 g/mol. The molecular formula is C14H23N3S. The van der Waals surface area contributed by atoms with Crippen LogP contribution < -0.4 is 0 Å². The van der Waals surface area contributed by atoms with Crippen molar-refractivity contribution in [3.8, 4) is 6.07 Å². The van der Waals surface area contributed by atoms with E-state index in [0.717, 1.165) is 41.6 Å². The van der Waals surface area contributed by atoms with Gasteiger partial charge in [0.05, 0.1) is 10.7 Å². The molecule has 1 heterocycles. The Balaban J connectivity index is 2.81. The summed E-state index contributed by atoms with van der Waals surface area (Å²) in [5, 5.41) is 10.3. The first-order chi connectivity index (χ1) is 8.42. The fraction of sp³-hybridized carbons (Fsp3) is 0.714.